The average molecular weight is 216 g/mol. The molecule has 0 unspecified atom stereocenters. The predicted molar refractivity (Wildman–Crippen MR) is 68.3 cm³/mol. The minimum Gasteiger partial charge on any atom is -0.365 e. The molecular formula is C14H20N2. The highest BCUT2D eigenvalue weighted by Crippen LogP contribution is 2.02. The third kappa shape index (κ3) is 6.02. The number of hydrogen-bond donors (Lipinski definition) is 1. The van der Waals surface area contributed by atoms with E-state index in [1.54, 1.807) is 12.4 Å². The Labute approximate surface area is 97.7 Å². The van der Waals surface area contributed by atoms with Gasteiger partial charge in [-0.15, -0.1) is 0 Å². The highest BCUT2D eigenvalue weighted by Gasteiger charge is 1.90. The molecule has 0 saturated carbocycles. The van der Waals surface area contributed by atoms with E-state index in [1.807, 2.05) is 24.4 Å². The van der Waals surface area contributed by atoms with Crippen LogP contribution in [0.3, 0.4) is 0 Å². The summed E-state index contributed by atoms with van der Waals surface area (Å²) >= 11 is 0. The molecule has 2 heteroatoms. The summed E-state index contributed by atoms with van der Waals surface area (Å²) in [7, 11) is 0. The van der Waals surface area contributed by atoms with Gasteiger partial charge in [0.1, 0.15) is 0 Å². The van der Waals surface area contributed by atoms with E-state index in [2.05, 4.69) is 29.0 Å². The zero-order chi connectivity index (χ0) is 11.5. The quantitative estimate of drug-likeness (QED) is 0.773. The van der Waals surface area contributed by atoms with Crippen molar-refractivity contribution in [3.05, 3.63) is 54.6 Å². The molecule has 0 aromatic carbocycles. The van der Waals surface area contributed by atoms with Gasteiger partial charge in [0.05, 0.1) is 0 Å². The number of aromatic nitrogens is 2. The van der Waals surface area contributed by atoms with E-state index in [0.29, 0.717) is 0 Å². The zero-order valence-electron chi connectivity index (χ0n) is 9.89. The van der Waals surface area contributed by atoms with Crippen LogP contribution in [0.1, 0.15) is 31.9 Å². The van der Waals surface area contributed by atoms with Crippen LogP contribution in [0.2, 0.25) is 0 Å². The summed E-state index contributed by atoms with van der Waals surface area (Å²) in [5.74, 6) is 0. The summed E-state index contributed by atoms with van der Waals surface area (Å²) in [5.41, 5.74) is 1.37. The van der Waals surface area contributed by atoms with E-state index in [0.717, 1.165) is 0 Å². The van der Waals surface area contributed by atoms with Gasteiger partial charge in [0, 0.05) is 24.3 Å². The number of aromatic amines is 1. The third-order valence-electron chi connectivity index (χ3n) is 2.28. The van der Waals surface area contributed by atoms with Crippen LogP contribution in [-0.2, 0) is 6.42 Å². The summed E-state index contributed by atoms with van der Waals surface area (Å²) in [4.78, 5) is 6.98. The van der Waals surface area contributed by atoms with Gasteiger partial charge in [0.15, 0.2) is 0 Å². The Hall–Kier alpha value is -1.57. The minimum atomic E-state index is 1.21. The van der Waals surface area contributed by atoms with Crippen molar-refractivity contribution >= 4 is 0 Å². The zero-order valence-corrected chi connectivity index (χ0v) is 9.89. The average Bonchev–Trinajstić information content (AvgIpc) is 2.86. The van der Waals surface area contributed by atoms with E-state index >= 15 is 0 Å². The Bertz CT molecular complexity index is 300. The molecule has 0 radical (unpaired) electrons. The molecule has 2 aromatic rings. The number of nitrogens with zero attached hydrogens (tertiary/aromatic N) is 1. The molecule has 2 nitrogen and oxygen atoms in total. The first-order valence-corrected chi connectivity index (χ1v) is 5.90. The SMILES string of the molecule is CCCCCc1ccc[nH]1.c1ccncc1. The molecule has 0 aliphatic carbocycles. The summed E-state index contributed by atoms with van der Waals surface area (Å²) in [5, 5.41) is 0. The van der Waals surface area contributed by atoms with Crippen LogP contribution in [0, 0.1) is 0 Å². The van der Waals surface area contributed by atoms with Gasteiger partial charge < -0.3 is 4.98 Å². The second kappa shape index (κ2) is 8.72. The lowest BCUT2D eigenvalue weighted by molar-refractivity contribution is 0.709. The lowest BCUT2D eigenvalue weighted by Crippen LogP contribution is -1.83. The Kier molecular flexibility index (Phi) is 6.81. The smallest absolute Gasteiger partial charge is 0.0267 e. The van der Waals surface area contributed by atoms with E-state index in [1.165, 1.54) is 31.4 Å². The van der Waals surface area contributed by atoms with Gasteiger partial charge in [0.25, 0.3) is 0 Å². The first kappa shape index (κ1) is 12.5. The van der Waals surface area contributed by atoms with Gasteiger partial charge in [-0.3, -0.25) is 4.98 Å². The second-order valence-electron chi connectivity index (χ2n) is 3.68. The molecule has 0 amide bonds. The van der Waals surface area contributed by atoms with Crippen molar-refractivity contribution in [1.82, 2.24) is 9.97 Å². The standard InChI is InChI=1S/C9H15N.C5H5N/c1-2-3-4-6-9-7-5-8-10-9;1-2-4-6-5-3-1/h5,7-8,10H,2-4,6H2,1H3;1-5H. The number of nitrogens with one attached hydrogen (secondary N) is 1. The molecule has 2 heterocycles. The molecule has 86 valence electrons. The molecular weight excluding hydrogens is 196 g/mol. The number of H-pyrrole nitrogens is 1. The Morgan fingerprint density at radius 2 is 1.88 bits per heavy atom. The molecule has 0 spiro atoms. The van der Waals surface area contributed by atoms with Crippen molar-refractivity contribution in [2.24, 2.45) is 0 Å². The number of pyridine rings is 1. The molecule has 0 saturated heterocycles. The van der Waals surface area contributed by atoms with Crippen LogP contribution in [0.25, 0.3) is 0 Å². The van der Waals surface area contributed by atoms with Crippen molar-refractivity contribution in [1.29, 1.82) is 0 Å². The first-order chi connectivity index (χ1) is 7.93. The Morgan fingerprint density at radius 1 is 1.06 bits per heavy atom. The highest BCUT2D eigenvalue weighted by molar-refractivity contribution is 5.03. The molecule has 2 aromatic heterocycles. The fourth-order valence-corrected chi connectivity index (χ4v) is 1.40. The molecule has 16 heavy (non-hydrogen) atoms. The summed E-state index contributed by atoms with van der Waals surface area (Å²) < 4.78 is 0. The topological polar surface area (TPSA) is 28.7 Å². The maximum Gasteiger partial charge on any atom is 0.0267 e. The summed E-state index contributed by atoms with van der Waals surface area (Å²) in [6.07, 6.45) is 10.7. The monoisotopic (exact) mass is 216 g/mol. The van der Waals surface area contributed by atoms with Gasteiger partial charge in [-0.2, -0.15) is 0 Å². The molecule has 0 aliphatic heterocycles. The number of unbranched alkanes of at least 4 members (excludes halogenated alkanes) is 2. The normalized spacial score (nSPS) is 9.31. The minimum absolute atomic E-state index is 1.21. The van der Waals surface area contributed by atoms with E-state index < -0.39 is 0 Å². The lowest BCUT2D eigenvalue weighted by Gasteiger charge is -1.94. The maximum absolute atomic E-state index is 3.78. The van der Waals surface area contributed by atoms with Crippen LogP contribution in [0.15, 0.2) is 48.9 Å². The number of aryl methyl sites for hydroxylation is 1. The Morgan fingerprint density at radius 3 is 2.31 bits per heavy atom. The summed E-state index contributed by atoms with van der Waals surface area (Å²) in [6.45, 7) is 2.23. The van der Waals surface area contributed by atoms with Crippen LogP contribution in [-0.4, -0.2) is 9.97 Å². The predicted octanol–water partition coefficient (Wildman–Crippen LogP) is 3.83. The van der Waals surface area contributed by atoms with Gasteiger partial charge in [-0.05, 0) is 37.1 Å². The second-order valence-corrected chi connectivity index (χ2v) is 3.68. The van der Waals surface area contributed by atoms with Crippen LogP contribution >= 0.6 is 0 Å². The number of hydrogen-bond acceptors (Lipinski definition) is 1. The van der Waals surface area contributed by atoms with E-state index in [4.69, 9.17) is 0 Å². The highest BCUT2D eigenvalue weighted by atomic mass is 14.7. The largest absolute Gasteiger partial charge is 0.365 e. The molecule has 0 atom stereocenters. The van der Waals surface area contributed by atoms with Gasteiger partial charge in [-0.25, -0.2) is 0 Å². The van der Waals surface area contributed by atoms with Crippen LogP contribution in [0.5, 0.6) is 0 Å². The van der Waals surface area contributed by atoms with Crippen LogP contribution < -0.4 is 0 Å². The van der Waals surface area contributed by atoms with Gasteiger partial charge >= 0.3 is 0 Å². The van der Waals surface area contributed by atoms with Crippen molar-refractivity contribution in [3.63, 3.8) is 0 Å². The Balaban J connectivity index is 0.000000181. The van der Waals surface area contributed by atoms with E-state index in [-0.39, 0.29) is 0 Å². The molecule has 0 aliphatic rings. The third-order valence-corrected chi connectivity index (χ3v) is 2.28. The van der Waals surface area contributed by atoms with Crippen molar-refractivity contribution in [2.75, 3.05) is 0 Å². The van der Waals surface area contributed by atoms with Crippen molar-refractivity contribution in [2.45, 2.75) is 32.6 Å². The first-order valence-electron chi connectivity index (χ1n) is 5.90. The molecule has 0 bridgehead atoms. The van der Waals surface area contributed by atoms with E-state index in [9.17, 15) is 0 Å². The van der Waals surface area contributed by atoms with Crippen LogP contribution in [0.4, 0.5) is 0 Å². The van der Waals surface area contributed by atoms with Gasteiger partial charge in [0.2, 0.25) is 0 Å². The lowest BCUT2D eigenvalue weighted by atomic mass is 10.2. The number of rotatable bonds is 4. The molecule has 0 fully saturated rings. The molecule has 1 N–H and O–H groups in total. The van der Waals surface area contributed by atoms with Crippen molar-refractivity contribution < 1.29 is 0 Å². The molecule has 2 rings (SSSR count). The van der Waals surface area contributed by atoms with Crippen molar-refractivity contribution in [3.8, 4) is 0 Å². The fraction of sp³-hybridized carbons (Fsp3) is 0.357. The fourth-order valence-electron chi connectivity index (χ4n) is 1.40. The maximum atomic E-state index is 3.78. The summed E-state index contributed by atoms with van der Waals surface area (Å²) in [6, 6.07) is 9.92. The van der Waals surface area contributed by atoms with Gasteiger partial charge in [-0.1, -0.05) is 25.8 Å².